The highest BCUT2D eigenvalue weighted by molar-refractivity contribution is 5.86. The summed E-state index contributed by atoms with van der Waals surface area (Å²) < 4.78 is 16.8. The predicted molar refractivity (Wildman–Crippen MR) is 96.7 cm³/mol. The summed E-state index contributed by atoms with van der Waals surface area (Å²) in [5, 5.41) is 11.4. The number of rotatable bonds is 4. The minimum absolute atomic E-state index is 0.0392. The molecule has 4 rings (SSSR count). The van der Waals surface area contributed by atoms with Crippen molar-refractivity contribution >= 4 is 17.6 Å². The van der Waals surface area contributed by atoms with Crippen molar-refractivity contribution in [1.29, 1.82) is 0 Å². The Bertz CT molecular complexity index is 757. The van der Waals surface area contributed by atoms with E-state index in [1.54, 1.807) is 18.3 Å². The summed E-state index contributed by atoms with van der Waals surface area (Å²) in [5.41, 5.74) is 0.186. The summed E-state index contributed by atoms with van der Waals surface area (Å²) in [4.78, 5) is 17.8. The second kappa shape index (κ2) is 7.85. The first-order chi connectivity index (χ1) is 13.2. The Hall–Kier alpha value is -2.78. The molecule has 2 aromatic heterocycles. The average molecular weight is 371 g/mol. The number of methoxy groups -OCH3 is 1. The van der Waals surface area contributed by atoms with Crippen LogP contribution in [0.1, 0.15) is 10.5 Å². The van der Waals surface area contributed by atoms with Crippen LogP contribution in [0.3, 0.4) is 0 Å². The third-order valence-corrected chi connectivity index (χ3v) is 4.62. The van der Waals surface area contributed by atoms with Gasteiger partial charge in [0.2, 0.25) is 0 Å². The number of aromatic nitrogens is 3. The molecule has 2 aliphatic heterocycles. The zero-order chi connectivity index (χ0) is 18.6. The molecular weight excluding hydrogens is 350 g/mol. The average Bonchev–Trinajstić information content (AvgIpc) is 3.04. The summed E-state index contributed by atoms with van der Waals surface area (Å²) in [6.07, 6.45) is 1.67. The van der Waals surface area contributed by atoms with Gasteiger partial charge < -0.3 is 24.4 Å². The Labute approximate surface area is 156 Å². The number of nitrogens with one attached hydrogen (secondary N) is 1. The first-order valence-corrected chi connectivity index (χ1v) is 8.80. The molecule has 9 nitrogen and oxygen atoms in total. The summed E-state index contributed by atoms with van der Waals surface area (Å²) in [7, 11) is 1.32. The summed E-state index contributed by atoms with van der Waals surface area (Å²) in [5.74, 6) is 0.995. The van der Waals surface area contributed by atoms with Gasteiger partial charge in [0.15, 0.2) is 11.5 Å². The zero-order valence-electron chi connectivity index (χ0n) is 14.9. The van der Waals surface area contributed by atoms with E-state index in [4.69, 9.17) is 9.47 Å². The highest BCUT2D eigenvalue weighted by Crippen LogP contribution is 2.24. The second-order valence-electron chi connectivity index (χ2n) is 6.47. The molecule has 0 radical (unpaired) electrons. The summed E-state index contributed by atoms with van der Waals surface area (Å²) in [6, 6.07) is 9.16. The van der Waals surface area contributed by atoms with Gasteiger partial charge in [0, 0.05) is 19.3 Å². The van der Waals surface area contributed by atoms with Crippen LogP contribution in [0.2, 0.25) is 0 Å². The SMILES string of the molecule is COC(=O)c1ccc(N2C[C@@H]3OCC(Nc4ccccn4)CO[C@H]3C2)nn1. The molecule has 0 spiro atoms. The van der Waals surface area contributed by atoms with Crippen LogP contribution in [0, 0.1) is 0 Å². The summed E-state index contributed by atoms with van der Waals surface area (Å²) >= 11 is 0. The minimum Gasteiger partial charge on any atom is -0.464 e. The lowest BCUT2D eigenvalue weighted by atomic mass is 10.3. The Kier molecular flexibility index (Phi) is 5.12. The number of hydrogen-bond acceptors (Lipinski definition) is 9. The first-order valence-electron chi connectivity index (χ1n) is 8.80. The van der Waals surface area contributed by atoms with Crippen molar-refractivity contribution in [1.82, 2.24) is 15.2 Å². The Balaban J connectivity index is 1.34. The Morgan fingerprint density at radius 1 is 1.15 bits per heavy atom. The van der Waals surface area contributed by atoms with Crippen LogP contribution in [-0.2, 0) is 14.2 Å². The van der Waals surface area contributed by atoms with Gasteiger partial charge in [-0.25, -0.2) is 9.78 Å². The largest absolute Gasteiger partial charge is 0.464 e. The number of hydrogen-bond donors (Lipinski definition) is 1. The quantitative estimate of drug-likeness (QED) is 0.780. The van der Waals surface area contributed by atoms with Gasteiger partial charge in [-0.1, -0.05) is 6.07 Å². The number of ether oxygens (including phenoxy) is 3. The molecule has 1 N–H and O–H groups in total. The standard InChI is InChI=1S/C18H21N5O4/c1-25-18(24)13-5-6-17(22-21-13)23-8-14-15(9-23)27-11-12(10-26-14)20-16-4-2-3-7-19-16/h2-7,12,14-15H,8-11H2,1H3,(H,19,20)/t14-,15-/m0/s1. The number of carbonyl (C=O) groups is 1. The van der Waals surface area contributed by atoms with Gasteiger partial charge >= 0.3 is 5.97 Å². The number of fused-ring (bicyclic) bond motifs is 1. The van der Waals surface area contributed by atoms with E-state index in [9.17, 15) is 4.79 Å². The maximum absolute atomic E-state index is 11.5. The van der Waals surface area contributed by atoms with E-state index in [-0.39, 0.29) is 23.9 Å². The molecular formula is C18H21N5O4. The van der Waals surface area contributed by atoms with E-state index in [1.807, 2.05) is 18.2 Å². The molecule has 27 heavy (non-hydrogen) atoms. The van der Waals surface area contributed by atoms with Crippen LogP contribution in [0.5, 0.6) is 0 Å². The van der Waals surface area contributed by atoms with E-state index in [0.29, 0.717) is 32.1 Å². The van der Waals surface area contributed by atoms with Crippen LogP contribution in [0.25, 0.3) is 0 Å². The van der Waals surface area contributed by atoms with Crippen LogP contribution in [-0.4, -0.2) is 72.8 Å². The smallest absolute Gasteiger partial charge is 0.358 e. The van der Waals surface area contributed by atoms with Crippen molar-refractivity contribution in [2.75, 3.05) is 43.6 Å². The van der Waals surface area contributed by atoms with Gasteiger partial charge in [-0.15, -0.1) is 10.2 Å². The molecule has 0 aromatic carbocycles. The normalized spacial score (nSPS) is 22.8. The third-order valence-electron chi connectivity index (χ3n) is 4.62. The molecule has 0 aliphatic carbocycles. The number of pyridine rings is 1. The van der Waals surface area contributed by atoms with Crippen molar-refractivity contribution in [2.45, 2.75) is 18.2 Å². The fraction of sp³-hybridized carbons (Fsp3) is 0.444. The van der Waals surface area contributed by atoms with Crippen LogP contribution in [0.4, 0.5) is 11.6 Å². The molecule has 0 unspecified atom stereocenters. The van der Waals surface area contributed by atoms with Crippen molar-refractivity contribution in [3.05, 3.63) is 42.2 Å². The molecule has 2 aliphatic rings. The van der Waals surface area contributed by atoms with E-state index >= 15 is 0 Å². The first kappa shape index (κ1) is 17.6. The van der Waals surface area contributed by atoms with Crippen LogP contribution < -0.4 is 10.2 Å². The molecule has 2 saturated heterocycles. The van der Waals surface area contributed by atoms with Gasteiger partial charge in [-0.2, -0.15) is 0 Å². The van der Waals surface area contributed by atoms with Crippen LogP contribution >= 0.6 is 0 Å². The minimum atomic E-state index is -0.501. The lowest BCUT2D eigenvalue weighted by molar-refractivity contribution is -0.00461. The zero-order valence-corrected chi connectivity index (χ0v) is 14.9. The Morgan fingerprint density at radius 2 is 1.93 bits per heavy atom. The van der Waals surface area contributed by atoms with Crippen molar-refractivity contribution in [3.8, 4) is 0 Å². The maximum Gasteiger partial charge on any atom is 0.358 e. The predicted octanol–water partition coefficient (Wildman–Crippen LogP) is 0.743. The summed E-state index contributed by atoms with van der Waals surface area (Å²) in [6.45, 7) is 2.40. The molecule has 142 valence electrons. The van der Waals surface area contributed by atoms with Gasteiger partial charge in [0.25, 0.3) is 0 Å². The highest BCUT2D eigenvalue weighted by Gasteiger charge is 2.38. The topological polar surface area (TPSA) is 98.7 Å². The van der Waals surface area contributed by atoms with Crippen LogP contribution in [0.15, 0.2) is 36.5 Å². The van der Waals surface area contributed by atoms with Gasteiger partial charge in [-0.05, 0) is 24.3 Å². The lowest BCUT2D eigenvalue weighted by Crippen LogP contribution is -2.31. The molecule has 9 heteroatoms. The maximum atomic E-state index is 11.5. The molecule has 2 fully saturated rings. The molecule has 2 atom stereocenters. The fourth-order valence-corrected chi connectivity index (χ4v) is 3.23. The monoisotopic (exact) mass is 371 g/mol. The lowest BCUT2D eigenvalue weighted by Gasteiger charge is -2.20. The fourth-order valence-electron chi connectivity index (χ4n) is 3.23. The second-order valence-corrected chi connectivity index (χ2v) is 6.47. The van der Waals surface area contributed by atoms with E-state index in [1.165, 1.54) is 7.11 Å². The molecule has 0 bridgehead atoms. The van der Waals surface area contributed by atoms with E-state index in [2.05, 4.69) is 30.1 Å². The van der Waals surface area contributed by atoms with Gasteiger partial charge in [0.05, 0.1) is 26.4 Å². The molecule has 0 saturated carbocycles. The third kappa shape index (κ3) is 3.99. The van der Waals surface area contributed by atoms with E-state index < -0.39 is 5.97 Å². The Morgan fingerprint density at radius 3 is 2.52 bits per heavy atom. The van der Waals surface area contributed by atoms with Crippen molar-refractivity contribution in [2.24, 2.45) is 0 Å². The van der Waals surface area contributed by atoms with Crippen molar-refractivity contribution < 1.29 is 19.0 Å². The number of nitrogens with zero attached hydrogens (tertiary/aromatic N) is 4. The molecule has 0 amide bonds. The van der Waals surface area contributed by atoms with Crippen molar-refractivity contribution in [3.63, 3.8) is 0 Å². The highest BCUT2D eigenvalue weighted by atomic mass is 16.6. The number of anilines is 2. The molecule has 2 aromatic rings. The van der Waals surface area contributed by atoms with Gasteiger partial charge in [-0.3, -0.25) is 0 Å². The number of carbonyl (C=O) groups excluding carboxylic acids is 1. The van der Waals surface area contributed by atoms with E-state index in [0.717, 1.165) is 5.82 Å². The molecule has 4 heterocycles. The van der Waals surface area contributed by atoms with Gasteiger partial charge in [0.1, 0.15) is 18.0 Å². The number of esters is 1.